The molecule has 2 heterocycles. The van der Waals surface area contributed by atoms with E-state index in [1.807, 2.05) is 45.0 Å². The van der Waals surface area contributed by atoms with Crippen LogP contribution in [0.1, 0.15) is 74.9 Å². The summed E-state index contributed by atoms with van der Waals surface area (Å²) in [4.78, 5) is 28.5. The zero-order valence-corrected chi connectivity index (χ0v) is 25.3. The molecule has 0 bridgehead atoms. The number of piperidine rings is 1. The Morgan fingerprint density at radius 3 is 2.56 bits per heavy atom. The lowest BCUT2D eigenvalue weighted by Gasteiger charge is -2.29. The van der Waals surface area contributed by atoms with Gasteiger partial charge in [0.15, 0.2) is 0 Å². The summed E-state index contributed by atoms with van der Waals surface area (Å²) in [5.74, 6) is 1.76. The summed E-state index contributed by atoms with van der Waals surface area (Å²) in [6.07, 6.45) is 6.92. The first-order valence-electron chi connectivity index (χ1n) is 14.7. The second kappa shape index (κ2) is 13.9. The van der Waals surface area contributed by atoms with Gasteiger partial charge in [-0.3, -0.25) is 4.79 Å². The summed E-state index contributed by atoms with van der Waals surface area (Å²) in [6.45, 7) is 13.0. The number of hydrogen-bond acceptors (Lipinski definition) is 6. The summed E-state index contributed by atoms with van der Waals surface area (Å²) >= 11 is 0. The molecule has 7 heteroatoms. The number of allylic oxidation sites excluding steroid dienone is 2. The van der Waals surface area contributed by atoms with Gasteiger partial charge in [0.05, 0.1) is 6.61 Å². The number of ether oxygens (including phenoxy) is 2. The molecule has 1 aliphatic heterocycles. The molecule has 0 spiro atoms. The number of nitrogens with zero attached hydrogens (tertiary/aromatic N) is 1. The van der Waals surface area contributed by atoms with Gasteiger partial charge in [0.2, 0.25) is 0 Å². The van der Waals surface area contributed by atoms with Crippen molar-refractivity contribution >= 4 is 22.6 Å². The van der Waals surface area contributed by atoms with Gasteiger partial charge in [0.25, 0.3) is 5.91 Å². The first-order valence-corrected chi connectivity index (χ1v) is 14.7. The third-order valence-electron chi connectivity index (χ3n) is 7.54. The highest BCUT2D eigenvalue weighted by atomic mass is 16.5. The van der Waals surface area contributed by atoms with Gasteiger partial charge in [0.1, 0.15) is 28.9 Å². The number of benzene rings is 2. The predicted molar refractivity (Wildman–Crippen MR) is 165 cm³/mol. The van der Waals surface area contributed by atoms with Crippen molar-refractivity contribution in [2.24, 2.45) is 5.92 Å². The van der Waals surface area contributed by atoms with E-state index in [0.717, 1.165) is 66.8 Å². The van der Waals surface area contributed by atoms with Crippen LogP contribution < -0.4 is 20.4 Å². The summed E-state index contributed by atoms with van der Waals surface area (Å²) in [6, 6.07) is 10.9. The number of amides is 1. The zero-order valence-electron chi connectivity index (χ0n) is 25.3. The molecule has 1 saturated heterocycles. The molecule has 1 amide bonds. The molecular weight excluding hydrogens is 516 g/mol. The Balaban J connectivity index is 1.51. The van der Waals surface area contributed by atoms with E-state index >= 15 is 0 Å². The van der Waals surface area contributed by atoms with Gasteiger partial charge < -0.3 is 24.1 Å². The third kappa shape index (κ3) is 8.23. The molecule has 3 aromatic rings. The van der Waals surface area contributed by atoms with Crippen molar-refractivity contribution in [3.8, 4) is 11.5 Å². The number of fused-ring (bicyclic) bond motifs is 1. The van der Waals surface area contributed by atoms with Gasteiger partial charge in [0, 0.05) is 29.6 Å². The van der Waals surface area contributed by atoms with Gasteiger partial charge in [-0.1, -0.05) is 25.5 Å². The standard InChI is InChI=1S/C34H44N2O5/c1-22(2)8-7-19-39-31-14-12-27(20-25(31)10-9-23(3)4)33(37)35-29-21-26-11-13-30(24(5)32(26)41-34(29)38)40-28-15-17-36(6)18-16-28/h9,11-14,20-22,28H,7-8,10,15-19H2,1-6H3,(H,35,37). The molecule has 0 radical (unpaired) electrons. The Bertz CT molecular complexity index is 1440. The number of aryl methyl sites for hydroxylation is 1. The topological polar surface area (TPSA) is 81.0 Å². The second-order valence-electron chi connectivity index (χ2n) is 11.8. The molecule has 4 rings (SSSR count). The Hall–Kier alpha value is -3.58. The van der Waals surface area contributed by atoms with Gasteiger partial charge in [-0.25, -0.2) is 4.79 Å². The highest BCUT2D eigenvalue weighted by Gasteiger charge is 2.20. The van der Waals surface area contributed by atoms with E-state index < -0.39 is 5.63 Å². The average molecular weight is 561 g/mol. The van der Waals surface area contributed by atoms with Crippen LogP contribution in [0.25, 0.3) is 11.0 Å². The normalized spacial score (nSPS) is 14.3. The van der Waals surface area contributed by atoms with Crippen molar-refractivity contribution in [2.45, 2.75) is 72.8 Å². The highest BCUT2D eigenvalue weighted by Crippen LogP contribution is 2.30. The van der Waals surface area contributed by atoms with Crippen LogP contribution in [0, 0.1) is 12.8 Å². The fourth-order valence-corrected chi connectivity index (χ4v) is 5.01. The van der Waals surface area contributed by atoms with Crippen molar-refractivity contribution in [1.82, 2.24) is 4.90 Å². The average Bonchev–Trinajstić information content (AvgIpc) is 2.93. The molecular formula is C34H44N2O5. The molecule has 0 aliphatic carbocycles. The predicted octanol–water partition coefficient (Wildman–Crippen LogP) is 7.15. The van der Waals surface area contributed by atoms with E-state index in [1.54, 1.807) is 12.1 Å². The molecule has 0 atom stereocenters. The highest BCUT2D eigenvalue weighted by molar-refractivity contribution is 6.05. The lowest BCUT2D eigenvalue weighted by Crippen LogP contribution is -2.35. The van der Waals surface area contributed by atoms with Crippen LogP contribution in [-0.4, -0.2) is 43.7 Å². The fourth-order valence-electron chi connectivity index (χ4n) is 5.01. The minimum Gasteiger partial charge on any atom is -0.493 e. The molecule has 7 nitrogen and oxygen atoms in total. The SMILES string of the molecule is CC(C)=CCc1cc(C(=O)Nc2cc3ccc(OC4CCN(C)CC4)c(C)c3oc2=O)ccc1OCCCC(C)C. The summed E-state index contributed by atoms with van der Waals surface area (Å²) in [7, 11) is 2.12. The van der Waals surface area contributed by atoms with Crippen molar-refractivity contribution in [3.63, 3.8) is 0 Å². The lowest BCUT2D eigenvalue weighted by atomic mass is 10.0. The number of nitrogens with one attached hydrogen (secondary N) is 1. The first-order chi connectivity index (χ1) is 19.6. The van der Waals surface area contributed by atoms with E-state index in [-0.39, 0.29) is 17.7 Å². The van der Waals surface area contributed by atoms with Crippen LogP contribution in [0.2, 0.25) is 0 Å². The van der Waals surface area contributed by atoms with Crippen LogP contribution in [0.15, 0.2) is 57.3 Å². The second-order valence-corrected chi connectivity index (χ2v) is 11.8. The quantitative estimate of drug-likeness (QED) is 0.152. The molecule has 2 aromatic carbocycles. The van der Waals surface area contributed by atoms with Crippen LogP contribution >= 0.6 is 0 Å². The Morgan fingerprint density at radius 2 is 1.85 bits per heavy atom. The number of hydrogen-bond donors (Lipinski definition) is 1. The summed E-state index contributed by atoms with van der Waals surface area (Å²) < 4.78 is 18.0. The van der Waals surface area contributed by atoms with E-state index in [4.69, 9.17) is 13.9 Å². The zero-order chi connectivity index (χ0) is 29.5. The van der Waals surface area contributed by atoms with E-state index in [0.29, 0.717) is 30.1 Å². The minimum atomic E-state index is -0.597. The summed E-state index contributed by atoms with van der Waals surface area (Å²) in [5, 5.41) is 3.49. The molecule has 1 N–H and O–H groups in total. The van der Waals surface area contributed by atoms with E-state index in [2.05, 4.69) is 37.2 Å². The van der Waals surface area contributed by atoms with Crippen LogP contribution in [0.5, 0.6) is 11.5 Å². The lowest BCUT2D eigenvalue weighted by molar-refractivity contribution is 0.102. The number of anilines is 1. The monoisotopic (exact) mass is 560 g/mol. The maximum Gasteiger partial charge on any atom is 0.360 e. The number of likely N-dealkylation sites (tertiary alicyclic amines) is 1. The Morgan fingerprint density at radius 1 is 1.12 bits per heavy atom. The van der Waals surface area contributed by atoms with Crippen molar-refractivity contribution in [1.29, 1.82) is 0 Å². The Kier molecular flexibility index (Phi) is 10.3. The van der Waals surface area contributed by atoms with Gasteiger partial charge in [-0.2, -0.15) is 0 Å². The van der Waals surface area contributed by atoms with Gasteiger partial charge in [-0.05, 0) is 108 Å². The molecule has 1 fully saturated rings. The molecule has 0 saturated carbocycles. The largest absolute Gasteiger partial charge is 0.493 e. The number of carbonyl (C=O) groups is 1. The molecule has 1 aliphatic rings. The van der Waals surface area contributed by atoms with E-state index in [1.165, 1.54) is 5.57 Å². The molecule has 220 valence electrons. The number of rotatable bonds is 11. The molecule has 41 heavy (non-hydrogen) atoms. The number of carbonyl (C=O) groups excluding carboxylic acids is 1. The van der Waals surface area contributed by atoms with Crippen molar-refractivity contribution in [2.75, 3.05) is 32.1 Å². The van der Waals surface area contributed by atoms with Crippen molar-refractivity contribution < 1.29 is 18.7 Å². The van der Waals surface area contributed by atoms with Crippen LogP contribution in [0.3, 0.4) is 0 Å². The maximum absolute atomic E-state index is 13.2. The molecule has 1 aromatic heterocycles. The van der Waals surface area contributed by atoms with Crippen LogP contribution in [-0.2, 0) is 6.42 Å². The Labute approximate surface area is 243 Å². The molecule has 0 unspecified atom stereocenters. The van der Waals surface area contributed by atoms with Crippen molar-refractivity contribution in [3.05, 3.63) is 75.2 Å². The third-order valence-corrected chi connectivity index (χ3v) is 7.54. The first kappa shape index (κ1) is 30.4. The van der Waals surface area contributed by atoms with E-state index in [9.17, 15) is 9.59 Å². The van der Waals surface area contributed by atoms with Gasteiger partial charge in [-0.15, -0.1) is 0 Å². The maximum atomic E-state index is 13.2. The summed E-state index contributed by atoms with van der Waals surface area (Å²) in [5.41, 5.74) is 3.34. The smallest absolute Gasteiger partial charge is 0.360 e. The van der Waals surface area contributed by atoms with Gasteiger partial charge >= 0.3 is 5.63 Å². The fraction of sp³-hybridized carbons (Fsp3) is 0.471. The van der Waals surface area contributed by atoms with Crippen LogP contribution in [0.4, 0.5) is 5.69 Å². The minimum absolute atomic E-state index is 0.103.